The number of anilines is 1. The van der Waals surface area contributed by atoms with Crippen molar-refractivity contribution < 1.29 is 13.9 Å². The number of furan rings is 1. The zero-order valence-electron chi connectivity index (χ0n) is 19.8. The standard InChI is InChI=1S/C24H32N6O3/c1-16-7-10-33-23(16)24-26-20(14-21(27-24)30-18(3)12-17(2)28-30)25-22(31)13-19-6-5-8-29(15-19)9-11-32-4/h7,10,12,14,19H,5-6,8-9,11,13,15H2,1-4H3,(H,25,26,27,31)/t19-/m1/s1. The molecule has 0 bridgehead atoms. The van der Waals surface area contributed by atoms with E-state index >= 15 is 0 Å². The van der Waals surface area contributed by atoms with Crippen LogP contribution < -0.4 is 5.32 Å². The van der Waals surface area contributed by atoms with Gasteiger partial charge in [0.25, 0.3) is 0 Å². The van der Waals surface area contributed by atoms with E-state index in [0.717, 1.165) is 49.4 Å². The molecule has 1 saturated heterocycles. The second kappa shape index (κ2) is 10.3. The van der Waals surface area contributed by atoms with Crippen LogP contribution >= 0.6 is 0 Å². The normalized spacial score (nSPS) is 16.8. The molecule has 0 saturated carbocycles. The van der Waals surface area contributed by atoms with Gasteiger partial charge >= 0.3 is 0 Å². The number of hydrogen-bond donors (Lipinski definition) is 1. The molecule has 4 rings (SSSR count). The summed E-state index contributed by atoms with van der Waals surface area (Å²) in [6, 6.07) is 5.60. The lowest BCUT2D eigenvalue weighted by molar-refractivity contribution is -0.117. The Kier molecular flexibility index (Phi) is 7.20. The van der Waals surface area contributed by atoms with E-state index in [4.69, 9.17) is 9.15 Å². The van der Waals surface area contributed by atoms with Crippen LogP contribution in [0, 0.1) is 26.7 Å². The molecule has 9 heteroatoms. The molecule has 3 aromatic heterocycles. The van der Waals surface area contributed by atoms with E-state index in [0.29, 0.717) is 42.2 Å². The number of rotatable bonds is 8. The Morgan fingerprint density at radius 2 is 2.12 bits per heavy atom. The van der Waals surface area contributed by atoms with Crippen molar-refractivity contribution >= 4 is 11.7 Å². The smallest absolute Gasteiger partial charge is 0.225 e. The van der Waals surface area contributed by atoms with Gasteiger partial charge in [0.05, 0.1) is 18.6 Å². The van der Waals surface area contributed by atoms with Crippen LogP contribution in [0.2, 0.25) is 0 Å². The number of hydrogen-bond acceptors (Lipinski definition) is 7. The number of amides is 1. The fraction of sp³-hybridized carbons (Fsp3) is 0.500. The first kappa shape index (κ1) is 23.1. The van der Waals surface area contributed by atoms with E-state index in [2.05, 4.69) is 25.3 Å². The number of piperidine rings is 1. The second-order valence-electron chi connectivity index (χ2n) is 8.76. The van der Waals surface area contributed by atoms with Gasteiger partial charge in [0.2, 0.25) is 5.91 Å². The number of methoxy groups -OCH3 is 1. The van der Waals surface area contributed by atoms with Crippen molar-refractivity contribution in [2.24, 2.45) is 5.92 Å². The summed E-state index contributed by atoms with van der Waals surface area (Å²) in [6.45, 7) is 9.43. The topological polar surface area (TPSA) is 98.3 Å². The highest BCUT2D eigenvalue weighted by atomic mass is 16.5. The maximum absolute atomic E-state index is 12.9. The Hall–Kier alpha value is -3.04. The molecule has 1 amide bonds. The third-order valence-electron chi connectivity index (χ3n) is 5.96. The van der Waals surface area contributed by atoms with Crippen LogP contribution in [-0.4, -0.2) is 63.9 Å². The average Bonchev–Trinajstić information content (AvgIpc) is 3.36. The van der Waals surface area contributed by atoms with Crippen molar-refractivity contribution in [3.63, 3.8) is 0 Å². The van der Waals surface area contributed by atoms with E-state index in [1.807, 2.05) is 32.9 Å². The molecule has 1 N–H and O–H groups in total. The fourth-order valence-corrected chi connectivity index (χ4v) is 4.37. The maximum atomic E-state index is 12.9. The van der Waals surface area contributed by atoms with E-state index in [1.54, 1.807) is 24.1 Å². The first-order valence-corrected chi connectivity index (χ1v) is 11.4. The molecule has 0 aliphatic carbocycles. The summed E-state index contributed by atoms with van der Waals surface area (Å²) in [5.41, 5.74) is 2.77. The first-order valence-electron chi connectivity index (χ1n) is 11.4. The molecule has 1 atom stereocenters. The molecule has 33 heavy (non-hydrogen) atoms. The summed E-state index contributed by atoms with van der Waals surface area (Å²) >= 11 is 0. The Bertz CT molecular complexity index is 1110. The van der Waals surface area contributed by atoms with Gasteiger partial charge in [-0.05, 0) is 63.8 Å². The average molecular weight is 453 g/mol. The van der Waals surface area contributed by atoms with Crippen molar-refractivity contribution in [2.75, 3.05) is 38.7 Å². The Labute approximate surface area is 194 Å². The lowest BCUT2D eigenvalue weighted by Gasteiger charge is -2.32. The highest BCUT2D eigenvalue weighted by molar-refractivity contribution is 5.90. The Morgan fingerprint density at radius 1 is 1.27 bits per heavy atom. The second-order valence-corrected chi connectivity index (χ2v) is 8.76. The summed E-state index contributed by atoms with van der Waals surface area (Å²) in [6.07, 6.45) is 4.21. The summed E-state index contributed by atoms with van der Waals surface area (Å²) in [4.78, 5) is 24.5. The number of likely N-dealkylation sites (tertiary alicyclic amines) is 1. The quantitative estimate of drug-likeness (QED) is 0.558. The molecule has 1 fully saturated rings. The van der Waals surface area contributed by atoms with Crippen LogP contribution in [0.1, 0.15) is 36.2 Å². The van der Waals surface area contributed by atoms with E-state index in [9.17, 15) is 4.79 Å². The van der Waals surface area contributed by atoms with Gasteiger partial charge in [-0.25, -0.2) is 14.6 Å². The highest BCUT2D eigenvalue weighted by Crippen LogP contribution is 2.25. The minimum Gasteiger partial charge on any atom is -0.461 e. The Balaban J connectivity index is 1.54. The molecular formula is C24H32N6O3. The predicted octanol–water partition coefficient (Wildman–Crippen LogP) is 3.53. The van der Waals surface area contributed by atoms with Gasteiger partial charge in [0, 0.05) is 38.4 Å². The van der Waals surface area contributed by atoms with Gasteiger partial charge in [-0.15, -0.1) is 0 Å². The SMILES string of the molecule is COCCN1CCC[C@H](CC(=O)Nc2cc(-n3nc(C)cc3C)nc(-c3occc3C)n2)C1. The van der Waals surface area contributed by atoms with E-state index in [-0.39, 0.29) is 5.91 Å². The fourth-order valence-electron chi connectivity index (χ4n) is 4.37. The van der Waals surface area contributed by atoms with Gasteiger partial charge in [-0.3, -0.25) is 4.79 Å². The largest absolute Gasteiger partial charge is 0.461 e. The lowest BCUT2D eigenvalue weighted by atomic mass is 9.94. The van der Waals surface area contributed by atoms with Crippen molar-refractivity contribution in [1.29, 1.82) is 0 Å². The number of carbonyl (C=O) groups excluding carboxylic acids is 1. The van der Waals surface area contributed by atoms with Gasteiger partial charge in [0.1, 0.15) is 5.82 Å². The van der Waals surface area contributed by atoms with Crippen LogP contribution in [0.25, 0.3) is 17.4 Å². The molecule has 0 aromatic carbocycles. The summed E-state index contributed by atoms with van der Waals surface area (Å²) in [5.74, 6) is 2.29. The minimum atomic E-state index is -0.0475. The van der Waals surface area contributed by atoms with Crippen LogP contribution in [0.4, 0.5) is 5.82 Å². The lowest BCUT2D eigenvalue weighted by Crippen LogP contribution is -2.38. The zero-order valence-corrected chi connectivity index (χ0v) is 19.8. The molecule has 3 aromatic rings. The number of nitrogens with one attached hydrogen (secondary N) is 1. The third kappa shape index (κ3) is 5.66. The number of carbonyl (C=O) groups is 1. The van der Waals surface area contributed by atoms with Crippen LogP contribution in [0.15, 0.2) is 28.9 Å². The van der Waals surface area contributed by atoms with E-state index in [1.165, 1.54) is 0 Å². The monoisotopic (exact) mass is 452 g/mol. The van der Waals surface area contributed by atoms with Gasteiger partial charge in [-0.1, -0.05) is 0 Å². The molecule has 0 unspecified atom stereocenters. The molecule has 176 valence electrons. The highest BCUT2D eigenvalue weighted by Gasteiger charge is 2.23. The molecular weight excluding hydrogens is 420 g/mol. The molecule has 0 spiro atoms. The van der Waals surface area contributed by atoms with Crippen LogP contribution in [0.3, 0.4) is 0 Å². The predicted molar refractivity (Wildman–Crippen MR) is 125 cm³/mol. The number of aromatic nitrogens is 4. The molecule has 4 heterocycles. The summed E-state index contributed by atoms with van der Waals surface area (Å²) in [5, 5.41) is 7.53. The summed E-state index contributed by atoms with van der Waals surface area (Å²) < 4.78 is 12.6. The van der Waals surface area contributed by atoms with Gasteiger partial charge in [-0.2, -0.15) is 5.10 Å². The maximum Gasteiger partial charge on any atom is 0.225 e. The number of ether oxygens (including phenoxy) is 1. The van der Waals surface area contributed by atoms with Crippen LogP contribution in [-0.2, 0) is 9.53 Å². The third-order valence-corrected chi connectivity index (χ3v) is 5.96. The zero-order chi connectivity index (χ0) is 23.4. The van der Waals surface area contributed by atoms with Crippen molar-refractivity contribution in [3.05, 3.63) is 41.4 Å². The van der Waals surface area contributed by atoms with Gasteiger partial charge in [0.15, 0.2) is 17.4 Å². The number of aryl methyl sites for hydroxylation is 3. The van der Waals surface area contributed by atoms with Crippen molar-refractivity contribution in [1.82, 2.24) is 24.6 Å². The van der Waals surface area contributed by atoms with Gasteiger partial charge < -0.3 is 19.4 Å². The molecule has 9 nitrogen and oxygen atoms in total. The number of nitrogens with zero attached hydrogens (tertiary/aromatic N) is 5. The molecule has 1 aliphatic rings. The minimum absolute atomic E-state index is 0.0475. The van der Waals surface area contributed by atoms with Crippen LogP contribution in [0.5, 0.6) is 0 Å². The van der Waals surface area contributed by atoms with E-state index < -0.39 is 0 Å². The molecule has 1 aliphatic heterocycles. The Morgan fingerprint density at radius 3 is 2.82 bits per heavy atom. The van der Waals surface area contributed by atoms with Crippen molar-refractivity contribution in [2.45, 2.75) is 40.0 Å². The first-order chi connectivity index (χ1) is 15.9. The summed E-state index contributed by atoms with van der Waals surface area (Å²) in [7, 11) is 1.72. The molecule has 0 radical (unpaired) electrons. The van der Waals surface area contributed by atoms with Crippen molar-refractivity contribution in [3.8, 4) is 17.4 Å².